The van der Waals surface area contributed by atoms with Crippen molar-refractivity contribution in [2.45, 2.75) is 25.8 Å². The summed E-state index contributed by atoms with van der Waals surface area (Å²) in [5.41, 5.74) is 4.86. The summed E-state index contributed by atoms with van der Waals surface area (Å²) in [5.74, 6) is 5.52. The summed E-state index contributed by atoms with van der Waals surface area (Å²) in [5, 5.41) is 0. The maximum Gasteiger partial charge on any atom is 0.0731 e. The molecule has 0 aliphatic carbocycles. The number of nitrogens with zero attached hydrogens (tertiary/aromatic N) is 1. The van der Waals surface area contributed by atoms with E-state index in [1.807, 2.05) is 12.1 Å². The lowest BCUT2D eigenvalue weighted by Gasteiger charge is -2.17. The van der Waals surface area contributed by atoms with Crippen molar-refractivity contribution in [2.75, 3.05) is 0 Å². The summed E-state index contributed by atoms with van der Waals surface area (Å²) in [6.45, 7) is 6.06. The molecule has 0 saturated carbocycles. The molecule has 0 bridgehead atoms. The molecule has 1 aromatic heterocycles. The van der Waals surface area contributed by atoms with E-state index in [1.165, 1.54) is 0 Å². The second kappa shape index (κ2) is 6.00. The first-order valence-corrected chi connectivity index (χ1v) is 5.71. The Kier molecular flexibility index (Phi) is 4.94. The van der Waals surface area contributed by atoms with Gasteiger partial charge in [-0.25, -0.2) is 0 Å². The largest absolute Gasteiger partial charge is 0.271 e. The molecule has 0 radical (unpaired) electrons. The second-order valence-corrected chi connectivity index (χ2v) is 4.25. The number of hydrogen-bond donors (Lipinski definition) is 2. The first-order valence-electron chi connectivity index (χ1n) is 4.92. The quantitative estimate of drug-likeness (QED) is 0.491. The van der Waals surface area contributed by atoms with Crippen LogP contribution in [0, 0.1) is 0 Å². The molecule has 1 atom stereocenters. The number of rotatable bonds is 5. The van der Waals surface area contributed by atoms with Gasteiger partial charge in [-0.15, -0.1) is 0 Å². The third kappa shape index (κ3) is 3.41. The van der Waals surface area contributed by atoms with Gasteiger partial charge in [-0.2, -0.15) is 0 Å². The molecule has 0 spiro atoms. The molecular formula is C11H16BrN3. The van der Waals surface area contributed by atoms with Crippen LogP contribution in [0.4, 0.5) is 0 Å². The van der Waals surface area contributed by atoms with Crippen LogP contribution >= 0.6 is 15.9 Å². The Hall–Kier alpha value is -0.710. The monoisotopic (exact) mass is 269 g/mol. The Bertz CT molecular complexity index is 338. The molecule has 0 saturated heterocycles. The molecule has 0 aromatic carbocycles. The SMILES string of the molecule is C=C(CC)CC(NN)c1ncccc1Br. The molecule has 4 heteroatoms. The maximum atomic E-state index is 5.52. The van der Waals surface area contributed by atoms with Crippen molar-refractivity contribution < 1.29 is 0 Å². The van der Waals surface area contributed by atoms with E-state index in [0.29, 0.717) is 0 Å². The summed E-state index contributed by atoms with van der Waals surface area (Å²) in [7, 11) is 0. The number of halogens is 1. The van der Waals surface area contributed by atoms with Gasteiger partial charge in [0.25, 0.3) is 0 Å². The number of aromatic nitrogens is 1. The van der Waals surface area contributed by atoms with Crippen LogP contribution in [-0.4, -0.2) is 4.98 Å². The van der Waals surface area contributed by atoms with Gasteiger partial charge in [0, 0.05) is 10.7 Å². The fraction of sp³-hybridized carbons (Fsp3) is 0.364. The van der Waals surface area contributed by atoms with E-state index < -0.39 is 0 Å². The lowest BCUT2D eigenvalue weighted by molar-refractivity contribution is 0.529. The maximum absolute atomic E-state index is 5.52. The number of nitrogens with one attached hydrogen (secondary N) is 1. The predicted octanol–water partition coefficient (Wildman–Crippen LogP) is 2.70. The van der Waals surface area contributed by atoms with Crippen LogP contribution in [0.5, 0.6) is 0 Å². The zero-order valence-corrected chi connectivity index (χ0v) is 10.4. The lowest BCUT2D eigenvalue weighted by Crippen LogP contribution is -2.29. The molecule has 1 aromatic rings. The highest BCUT2D eigenvalue weighted by Gasteiger charge is 2.14. The van der Waals surface area contributed by atoms with Gasteiger partial charge in [0.1, 0.15) is 0 Å². The number of hydrogen-bond acceptors (Lipinski definition) is 3. The van der Waals surface area contributed by atoms with Gasteiger partial charge < -0.3 is 0 Å². The van der Waals surface area contributed by atoms with Crippen molar-refractivity contribution in [2.24, 2.45) is 5.84 Å². The van der Waals surface area contributed by atoms with Crippen LogP contribution in [-0.2, 0) is 0 Å². The minimum Gasteiger partial charge on any atom is -0.271 e. The van der Waals surface area contributed by atoms with Gasteiger partial charge in [0.2, 0.25) is 0 Å². The van der Waals surface area contributed by atoms with E-state index in [4.69, 9.17) is 5.84 Å². The van der Waals surface area contributed by atoms with Gasteiger partial charge in [0.05, 0.1) is 11.7 Å². The lowest BCUT2D eigenvalue weighted by atomic mass is 10.0. The molecule has 82 valence electrons. The third-order valence-electron chi connectivity index (χ3n) is 2.31. The van der Waals surface area contributed by atoms with Crippen LogP contribution in [0.15, 0.2) is 35.0 Å². The van der Waals surface area contributed by atoms with Crippen molar-refractivity contribution in [1.29, 1.82) is 0 Å². The summed E-state index contributed by atoms with van der Waals surface area (Å²) >= 11 is 3.46. The number of hydrazine groups is 1. The summed E-state index contributed by atoms with van der Waals surface area (Å²) in [6.07, 6.45) is 3.53. The minimum atomic E-state index is 0.0213. The van der Waals surface area contributed by atoms with Crippen molar-refractivity contribution in [3.8, 4) is 0 Å². The zero-order valence-electron chi connectivity index (χ0n) is 8.83. The Balaban J connectivity index is 2.83. The first-order chi connectivity index (χ1) is 7.19. The fourth-order valence-corrected chi connectivity index (χ4v) is 1.85. The van der Waals surface area contributed by atoms with Crippen LogP contribution in [0.25, 0.3) is 0 Å². The Labute approximate surface area is 98.9 Å². The number of nitrogens with two attached hydrogens (primary N) is 1. The van der Waals surface area contributed by atoms with E-state index in [1.54, 1.807) is 6.20 Å². The van der Waals surface area contributed by atoms with Crippen LogP contribution in [0.3, 0.4) is 0 Å². The zero-order chi connectivity index (χ0) is 11.3. The smallest absolute Gasteiger partial charge is 0.0731 e. The second-order valence-electron chi connectivity index (χ2n) is 3.40. The Morgan fingerprint density at radius 2 is 2.47 bits per heavy atom. The molecule has 0 fully saturated rings. The minimum absolute atomic E-state index is 0.0213. The average Bonchev–Trinajstić information content (AvgIpc) is 2.26. The summed E-state index contributed by atoms with van der Waals surface area (Å²) in [6, 6.07) is 3.87. The van der Waals surface area contributed by atoms with Gasteiger partial charge >= 0.3 is 0 Å². The number of pyridine rings is 1. The molecule has 1 rings (SSSR count). The Morgan fingerprint density at radius 1 is 1.73 bits per heavy atom. The highest BCUT2D eigenvalue weighted by Crippen LogP contribution is 2.25. The fourth-order valence-electron chi connectivity index (χ4n) is 1.32. The molecular weight excluding hydrogens is 254 g/mol. The van der Waals surface area contributed by atoms with Gasteiger partial charge in [-0.05, 0) is 40.9 Å². The molecule has 0 aliphatic rings. The van der Waals surface area contributed by atoms with E-state index in [9.17, 15) is 0 Å². The first kappa shape index (κ1) is 12.4. The van der Waals surface area contributed by atoms with E-state index in [-0.39, 0.29) is 6.04 Å². The highest BCUT2D eigenvalue weighted by molar-refractivity contribution is 9.10. The van der Waals surface area contributed by atoms with E-state index in [0.717, 1.165) is 28.6 Å². The average molecular weight is 270 g/mol. The summed E-state index contributed by atoms with van der Waals surface area (Å²) < 4.78 is 0.969. The molecule has 3 nitrogen and oxygen atoms in total. The molecule has 1 heterocycles. The highest BCUT2D eigenvalue weighted by atomic mass is 79.9. The van der Waals surface area contributed by atoms with Crippen LogP contribution in [0.2, 0.25) is 0 Å². The summed E-state index contributed by atoms with van der Waals surface area (Å²) in [4.78, 5) is 4.31. The van der Waals surface area contributed by atoms with Crippen molar-refractivity contribution >= 4 is 15.9 Å². The normalized spacial score (nSPS) is 12.5. The van der Waals surface area contributed by atoms with Gasteiger partial charge in [-0.3, -0.25) is 16.3 Å². The van der Waals surface area contributed by atoms with Crippen molar-refractivity contribution in [3.63, 3.8) is 0 Å². The van der Waals surface area contributed by atoms with E-state index in [2.05, 4.69) is 39.8 Å². The molecule has 15 heavy (non-hydrogen) atoms. The van der Waals surface area contributed by atoms with Crippen LogP contribution in [0.1, 0.15) is 31.5 Å². The van der Waals surface area contributed by atoms with Crippen molar-refractivity contribution in [3.05, 3.63) is 40.6 Å². The van der Waals surface area contributed by atoms with Gasteiger partial charge in [-0.1, -0.05) is 19.1 Å². The molecule has 3 N–H and O–H groups in total. The van der Waals surface area contributed by atoms with E-state index >= 15 is 0 Å². The standard InChI is InChI=1S/C11H16BrN3/c1-3-8(2)7-10(15-13)11-9(12)5-4-6-14-11/h4-6,10,15H,2-3,7,13H2,1H3. The Morgan fingerprint density at radius 3 is 3.00 bits per heavy atom. The molecule has 0 aliphatic heterocycles. The topological polar surface area (TPSA) is 50.9 Å². The predicted molar refractivity (Wildman–Crippen MR) is 66.0 cm³/mol. The third-order valence-corrected chi connectivity index (χ3v) is 2.98. The van der Waals surface area contributed by atoms with Crippen LogP contribution < -0.4 is 11.3 Å². The van der Waals surface area contributed by atoms with Gasteiger partial charge in [0.15, 0.2) is 0 Å². The van der Waals surface area contributed by atoms with Crippen molar-refractivity contribution in [1.82, 2.24) is 10.4 Å². The molecule has 1 unspecified atom stereocenters. The molecule has 0 amide bonds.